The molecule has 0 saturated carbocycles. The summed E-state index contributed by atoms with van der Waals surface area (Å²) in [5.74, 6) is -0.0746. The third-order valence-corrected chi connectivity index (χ3v) is 5.27. The molecule has 3 heteroatoms. The van der Waals surface area contributed by atoms with E-state index in [1.165, 1.54) is 76.2 Å². The lowest BCUT2D eigenvalue weighted by molar-refractivity contribution is -0.154. The summed E-state index contributed by atoms with van der Waals surface area (Å²) >= 11 is 0. The van der Waals surface area contributed by atoms with E-state index in [0.717, 1.165) is 12.8 Å². The molecule has 0 heterocycles. The fourth-order valence-corrected chi connectivity index (χ4v) is 3.48. The second-order valence-corrected chi connectivity index (χ2v) is 8.57. The number of hydrogen-bond donors (Lipinski definition) is 1. The molecule has 0 radical (unpaired) electrons. The molecule has 1 aromatic rings. The molecule has 0 bridgehead atoms. The number of rotatable bonds is 16. The minimum absolute atomic E-state index is 0. The van der Waals surface area contributed by atoms with Gasteiger partial charge < -0.3 is 10.9 Å². The first-order chi connectivity index (χ1) is 13.1. The molecule has 0 aliphatic rings. The first-order valence-electron chi connectivity index (χ1n) is 11.3. The van der Waals surface area contributed by atoms with E-state index in [2.05, 4.69) is 19.1 Å². The highest BCUT2D eigenvalue weighted by molar-refractivity contribution is 5.76. The highest BCUT2D eigenvalue weighted by Gasteiger charge is 2.29. The van der Waals surface area contributed by atoms with Gasteiger partial charge in [-0.2, -0.15) is 0 Å². The van der Waals surface area contributed by atoms with Crippen LogP contribution in [0.5, 0.6) is 0 Å². The molecule has 0 atom stereocenters. The molecule has 0 fully saturated rings. The maximum Gasteiger partial charge on any atom is 0.311 e. The third-order valence-electron chi connectivity index (χ3n) is 5.27. The molecule has 0 aliphatic heterocycles. The Balaban J connectivity index is 0.00000729. The summed E-state index contributed by atoms with van der Waals surface area (Å²) in [6.45, 7) is 6.79. The van der Waals surface area contributed by atoms with E-state index in [0.29, 0.717) is 6.61 Å². The molecule has 0 aromatic heterocycles. The predicted molar refractivity (Wildman–Crippen MR) is 121 cm³/mol. The van der Waals surface area contributed by atoms with Gasteiger partial charge in [0.25, 0.3) is 0 Å². The van der Waals surface area contributed by atoms with Crippen molar-refractivity contribution >= 4 is 5.97 Å². The Labute approximate surface area is 174 Å². The molecule has 1 rings (SSSR count). The van der Waals surface area contributed by atoms with Crippen LogP contribution in [0.4, 0.5) is 0 Å². The lowest BCUT2D eigenvalue weighted by Crippen LogP contribution is -2.29. The highest BCUT2D eigenvalue weighted by atomic mass is 16.5. The van der Waals surface area contributed by atoms with E-state index in [-0.39, 0.29) is 12.1 Å². The zero-order valence-electron chi connectivity index (χ0n) is 18.8. The quantitative estimate of drug-likeness (QED) is 0.232. The van der Waals surface area contributed by atoms with Crippen molar-refractivity contribution in [2.45, 2.75) is 104 Å². The summed E-state index contributed by atoms with van der Waals surface area (Å²) in [6, 6.07) is 10.2. The van der Waals surface area contributed by atoms with Crippen molar-refractivity contribution in [1.82, 2.24) is 6.15 Å². The molecule has 0 saturated heterocycles. The van der Waals surface area contributed by atoms with Crippen molar-refractivity contribution in [3.8, 4) is 0 Å². The van der Waals surface area contributed by atoms with Crippen LogP contribution in [-0.4, -0.2) is 12.6 Å². The second kappa shape index (κ2) is 16.6. The van der Waals surface area contributed by atoms with Gasteiger partial charge in [-0.05, 0) is 32.3 Å². The average Bonchev–Trinajstić information content (AvgIpc) is 2.65. The molecule has 162 valence electrons. The van der Waals surface area contributed by atoms with Gasteiger partial charge in [0, 0.05) is 0 Å². The lowest BCUT2D eigenvalue weighted by atomic mass is 9.86. The largest absolute Gasteiger partial charge is 0.465 e. The third kappa shape index (κ3) is 12.9. The van der Waals surface area contributed by atoms with Gasteiger partial charge in [-0.3, -0.25) is 4.79 Å². The summed E-state index contributed by atoms with van der Waals surface area (Å²) < 4.78 is 5.53. The average molecular weight is 392 g/mol. The maximum absolute atomic E-state index is 12.3. The maximum atomic E-state index is 12.3. The Bertz CT molecular complexity index is 485. The molecule has 0 aliphatic carbocycles. The van der Waals surface area contributed by atoms with Crippen molar-refractivity contribution in [2.75, 3.05) is 6.61 Å². The zero-order valence-corrected chi connectivity index (χ0v) is 18.8. The molecule has 3 nitrogen and oxygen atoms in total. The minimum Gasteiger partial charge on any atom is -0.465 e. The molecule has 0 amide bonds. The van der Waals surface area contributed by atoms with E-state index in [4.69, 9.17) is 4.74 Å². The lowest BCUT2D eigenvalue weighted by Gasteiger charge is -2.22. The summed E-state index contributed by atoms with van der Waals surface area (Å²) in [5, 5.41) is 0. The van der Waals surface area contributed by atoms with E-state index in [1.54, 1.807) is 0 Å². The normalized spacial score (nSPS) is 11.1. The molecule has 3 N–H and O–H groups in total. The molecule has 1 aromatic carbocycles. The van der Waals surface area contributed by atoms with Crippen LogP contribution in [0.2, 0.25) is 0 Å². The number of hydrogen-bond acceptors (Lipinski definition) is 3. The van der Waals surface area contributed by atoms with Gasteiger partial charge in [0.05, 0.1) is 12.0 Å². The number of unbranched alkanes of at least 4 members (excludes halogenated alkanes) is 11. The first-order valence-corrected chi connectivity index (χ1v) is 11.3. The predicted octanol–water partition coefficient (Wildman–Crippen LogP) is 7.66. The van der Waals surface area contributed by atoms with E-state index < -0.39 is 5.41 Å². The molecule has 0 spiro atoms. The summed E-state index contributed by atoms with van der Waals surface area (Å²) in [7, 11) is 0. The first kappa shape index (κ1) is 26.6. The Morgan fingerprint density at radius 3 is 1.75 bits per heavy atom. The van der Waals surface area contributed by atoms with Crippen LogP contribution in [0.15, 0.2) is 30.3 Å². The summed E-state index contributed by atoms with van der Waals surface area (Å²) in [4.78, 5) is 12.3. The number of carbonyl (C=O) groups is 1. The molecule has 0 unspecified atom stereocenters. The Morgan fingerprint density at radius 1 is 0.786 bits per heavy atom. The topological polar surface area (TPSA) is 61.3 Å². The van der Waals surface area contributed by atoms with Gasteiger partial charge in [0.15, 0.2) is 0 Å². The minimum atomic E-state index is -0.460. The van der Waals surface area contributed by atoms with Gasteiger partial charge in [0.1, 0.15) is 0 Å². The monoisotopic (exact) mass is 391 g/mol. The second-order valence-electron chi connectivity index (χ2n) is 8.57. The van der Waals surface area contributed by atoms with Crippen molar-refractivity contribution in [3.05, 3.63) is 35.9 Å². The van der Waals surface area contributed by atoms with Crippen LogP contribution in [0.25, 0.3) is 0 Å². The summed E-state index contributed by atoms with van der Waals surface area (Å²) in [6.07, 6.45) is 16.6. The van der Waals surface area contributed by atoms with Crippen LogP contribution in [0.1, 0.15) is 103 Å². The van der Waals surface area contributed by atoms with E-state index >= 15 is 0 Å². The van der Waals surface area contributed by atoms with Crippen LogP contribution in [-0.2, 0) is 16.0 Å². The highest BCUT2D eigenvalue weighted by Crippen LogP contribution is 2.23. The van der Waals surface area contributed by atoms with Crippen molar-refractivity contribution in [3.63, 3.8) is 0 Å². The Kier molecular flexibility index (Phi) is 15.8. The molecular formula is C25H45NO2. The van der Waals surface area contributed by atoms with Crippen LogP contribution >= 0.6 is 0 Å². The number of carbonyl (C=O) groups excluding carboxylic acids is 1. The Hall–Kier alpha value is -1.35. The van der Waals surface area contributed by atoms with Gasteiger partial charge in [-0.1, -0.05) is 108 Å². The fourth-order valence-electron chi connectivity index (χ4n) is 3.48. The number of ether oxygens (including phenoxy) is 1. The van der Waals surface area contributed by atoms with E-state index in [1.807, 2.05) is 32.0 Å². The van der Waals surface area contributed by atoms with Gasteiger partial charge in [0.2, 0.25) is 0 Å². The molecular weight excluding hydrogens is 346 g/mol. The SMILES string of the molecule is CCCCCCCCCCCCCCOC(=O)C(C)(C)Cc1ccccc1.N. The van der Waals surface area contributed by atoms with Crippen molar-refractivity contribution in [1.29, 1.82) is 0 Å². The smallest absolute Gasteiger partial charge is 0.311 e. The van der Waals surface area contributed by atoms with Crippen LogP contribution < -0.4 is 6.15 Å². The fraction of sp³-hybridized carbons (Fsp3) is 0.720. The van der Waals surface area contributed by atoms with Crippen molar-refractivity contribution in [2.24, 2.45) is 5.41 Å². The number of benzene rings is 1. The number of esters is 1. The summed E-state index contributed by atoms with van der Waals surface area (Å²) in [5.41, 5.74) is 0.725. The zero-order chi connectivity index (χ0) is 19.8. The molecule has 28 heavy (non-hydrogen) atoms. The van der Waals surface area contributed by atoms with E-state index in [9.17, 15) is 4.79 Å². The van der Waals surface area contributed by atoms with Gasteiger partial charge in [-0.15, -0.1) is 0 Å². The van der Waals surface area contributed by atoms with Crippen LogP contribution in [0, 0.1) is 5.41 Å². The Morgan fingerprint density at radius 2 is 1.25 bits per heavy atom. The van der Waals surface area contributed by atoms with Gasteiger partial charge >= 0.3 is 5.97 Å². The van der Waals surface area contributed by atoms with Crippen molar-refractivity contribution < 1.29 is 9.53 Å². The standard InChI is InChI=1S/C25H42O2.H3N/c1-4-5-6-7-8-9-10-11-12-13-14-18-21-27-24(26)25(2,3)22-23-19-16-15-17-20-23;/h15-17,19-20H,4-14,18,21-22H2,1-3H3;1H3. The van der Waals surface area contributed by atoms with Crippen LogP contribution in [0.3, 0.4) is 0 Å². The van der Waals surface area contributed by atoms with Gasteiger partial charge in [-0.25, -0.2) is 0 Å².